The highest BCUT2D eigenvalue weighted by molar-refractivity contribution is 7.32. The Morgan fingerprint density at radius 1 is 1.08 bits per heavy atom. The minimum atomic E-state index is -2.58. The lowest BCUT2D eigenvalue weighted by Gasteiger charge is -2.14. The van der Waals surface area contributed by atoms with E-state index in [1.54, 1.807) is 6.07 Å². The molecule has 0 aliphatic heterocycles. The van der Waals surface area contributed by atoms with Crippen molar-refractivity contribution in [1.82, 2.24) is 0 Å². The summed E-state index contributed by atoms with van der Waals surface area (Å²) in [6, 6.07) is 9.75. The number of aryl methyl sites for hydroxylation is 2. The van der Waals surface area contributed by atoms with Crippen molar-refractivity contribution in [2.24, 2.45) is 0 Å². The second-order valence-corrected chi connectivity index (χ2v) is 7.18. The van der Waals surface area contributed by atoms with Gasteiger partial charge in [-0.25, -0.2) is 0 Å². The maximum Gasteiger partial charge on any atom is 0.695 e. The van der Waals surface area contributed by atoms with E-state index in [4.69, 9.17) is 9.42 Å². The number of hydrogen-bond donors (Lipinski definition) is 2. The number of rotatable bonds is 6. The summed E-state index contributed by atoms with van der Waals surface area (Å²) >= 11 is 0. The number of phenolic OH excluding ortho intramolecular Hbond substituents is 1. The van der Waals surface area contributed by atoms with Crippen molar-refractivity contribution in [2.75, 3.05) is 0 Å². The number of benzene rings is 2. The molecule has 24 heavy (non-hydrogen) atoms. The summed E-state index contributed by atoms with van der Waals surface area (Å²) in [5.74, 6) is 0.611. The quantitative estimate of drug-likeness (QED) is 0.730. The predicted molar refractivity (Wildman–Crippen MR) is 95.5 cm³/mol. The summed E-state index contributed by atoms with van der Waals surface area (Å²) < 4.78 is 15.5. The Balaban J connectivity index is 2.27. The maximum atomic E-state index is 10.7. The van der Waals surface area contributed by atoms with Crippen molar-refractivity contribution in [2.45, 2.75) is 46.6 Å². The van der Waals surface area contributed by atoms with Crippen molar-refractivity contribution in [3.05, 3.63) is 63.7 Å². The first-order chi connectivity index (χ1) is 11.3. The minimum absolute atomic E-state index is 0.129. The number of phenols is 1. The Bertz CT molecular complexity index is 730. The first-order valence-electron chi connectivity index (χ1n) is 7.97. The zero-order valence-electron chi connectivity index (χ0n) is 14.5. The molecule has 2 aromatic rings. The van der Waals surface area contributed by atoms with Crippen LogP contribution in [0.2, 0.25) is 0 Å². The molecule has 0 saturated heterocycles. The molecule has 1 atom stereocenters. The van der Waals surface area contributed by atoms with Crippen LogP contribution < -0.4 is 0 Å². The Morgan fingerprint density at radius 2 is 1.71 bits per heavy atom. The number of aromatic hydroxyl groups is 1. The van der Waals surface area contributed by atoms with E-state index in [1.807, 2.05) is 32.0 Å². The van der Waals surface area contributed by atoms with Crippen molar-refractivity contribution < 1.29 is 19.1 Å². The van der Waals surface area contributed by atoms with Crippen LogP contribution >= 0.6 is 8.25 Å². The predicted octanol–water partition coefficient (Wildman–Crippen LogP) is 4.89. The topological polar surface area (TPSA) is 66.8 Å². The average molecular weight is 347 g/mol. The van der Waals surface area contributed by atoms with Crippen LogP contribution in [0.4, 0.5) is 0 Å². The van der Waals surface area contributed by atoms with E-state index in [1.165, 1.54) is 5.56 Å². The van der Waals surface area contributed by atoms with E-state index in [0.717, 1.165) is 34.2 Å². The fourth-order valence-electron chi connectivity index (χ4n) is 2.96. The van der Waals surface area contributed by atoms with E-state index in [-0.39, 0.29) is 12.5 Å². The summed E-state index contributed by atoms with van der Waals surface area (Å²) in [6.45, 7) is 8.33. The zero-order valence-corrected chi connectivity index (χ0v) is 15.4. The molecule has 0 spiro atoms. The van der Waals surface area contributed by atoms with E-state index in [0.29, 0.717) is 5.75 Å². The molecule has 0 aliphatic carbocycles. The largest absolute Gasteiger partial charge is 0.695 e. The van der Waals surface area contributed by atoms with E-state index in [2.05, 4.69) is 19.9 Å². The van der Waals surface area contributed by atoms with Crippen LogP contribution in [0.5, 0.6) is 5.75 Å². The summed E-state index contributed by atoms with van der Waals surface area (Å²) in [5.41, 5.74) is 6.49. The molecule has 0 saturated carbocycles. The molecule has 0 aromatic heterocycles. The molecule has 0 amide bonds. The summed E-state index contributed by atoms with van der Waals surface area (Å²) in [6.07, 6.45) is 0.785. The van der Waals surface area contributed by atoms with Crippen LogP contribution in [0.25, 0.3) is 0 Å². The van der Waals surface area contributed by atoms with Gasteiger partial charge in [0, 0.05) is 4.57 Å². The van der Waals surface area contributed by atoms with Crippen LogP contribution in [0, 0.1) is 13.8 Å². The van der Waals surface area contributed by atoms with E-state index < -0.39 is 8.25 Å². The molecular formula is C19H24O4P+. The standard InChI is InChI=1S/C19H23O4P/c1-12(2)17-9-15(5-6-19(17)20)10-18-13(3)7-16(8-14(18)4)11-23-24(21)22/h5-9,12H,10-11H2,1-4H3,(H-,20,21,22)/p+1. The van der Waals surface area contributed by atoms with Gasteiger partial charge in [-0.05, 0) is 65.6 Å². The summed E-state index contributed by atoms with van der Waals surface area (Å²) in [4.78, 5) is 8.76. The van der Waals surface area contributed by atoms with Crippen LogP contribution in [-0.2, 0) is 22.1 Å². The van der Waals surface area contributed by atoms with Gasteiger partial charge in [0.1, 0.15) is 12.4 Å². The number of hydrogen-bond acceptors (Lipinski definition) is 3. The smallest absolute Gasteiger partial charge is 0.508 e. The lowest BCUT2D eigenvalue weighted by atomic mass is 9.92. The van der Waals surface area contributed by atoms with Gasteiger partial charge < -0.3 is 5.11 Å². The van der Waals surface area contributed by atoms with Gasteiger partial charge in [-0.15, -0.1) is 9.42 Å². The van der Waals surface area contributed by atoms with E-state index >= 15 is 0 Å². The molecule has 1 unspecified atom stereocenters. The molecule has 2 N–H and O–H groups in total. The molecule has 0 bridgehead atoms. The highest BCUT2D eigenvalue weighted by Gasteiger charge is 2.14. The Morgan fingerprint density at radius 3 is 2.25 bits per heavy atom. The zero-order chi connectivity index (χ0) is 17.9. The second-order valence-electron chi connectivity index (χ2n) is 6.44. The average Bonchev–Trinajstić information content (AvgIpc) is 2.50. The molecule has 2 aromatic carbocycles. The molecule has 5 heteroatoms. The van der Waals surface area contributed by atoms with Gasteiger partial charge in [0.05, 0.1) is 0 Å². The van der Waals surface area contributed by atoms with Crippen molar-refractivity contribution >= 4 is 8.25 Å². The fraction of sp³-hybridized carbons (Fsp3) is 0.368. The first kappa shape index (κ1) is 18.6. The monoisotopic (exact) mass is 347 g/mol. The fourth-order valence-corrected chi connectivity index (χ4v) is 3.22. The lowest BCUT2D eigenvalue weighted by molar-refractivity contribution is 0.272. The minimum Gasteiger partial charge on any atom is -0.508 e. The highest BCUT2D eigenvalue weighted by atomic mass is 31.1. The highest BCUT2D eigenvalue weighted by Crippen LogP contribution is 2.29. The van der Waals surface area contributed by atoms with Crippen molar-refractivity contribution in [1.29, 1.82) is 0 Å². The van der Waals surface area contributed by atoms with Crippen molar-refractivity contribution in [3.8, 4) is 5.75 Å². The second kappa shape index (κ2) is 7.89. The Kier molecular flexibility index (Phi) is 6.11. The van der Waals surface area contributed by atoms with Crippen LogP contribution in [0.3, 0.4) is 0 Å². The molecule has 128 valence electrons. The summed E-state index contributed by atoms with van der Waals surface area (Å²) in [7, 11) is -2.58. The Hall–Kier alpha value is -1.74. The molecule has 0 radical (unpaired) electrons. The third-order valence-corrected chi connectivity index (χ3v) is 4.54. The van der Waals surface area contributed by atoms with Gasteiger partial charge in [0.15, 0.2) is 0 Å². The molecule has 4 nitrogen and oxygen atoms in total. The molecule has 0 heterocycles. The SMILES string of the molecule is Cc1cc(CO[P+](=O)O)cc(C)c1Cc1ccc(O)c(C(C)C)c1. The van der Waals surface area contributed by atoms with Gasteiger partial charge in [-0.2, -0.15) is 0 Å². The molecule has 2 rings (SSSR count). The van der Waals surface area contributed by atoms with E-state index in [9.17, 15) is 9.67 Å². The lowest BCUT2D eigenvalue weighted by Crippen LogP contribution is -2.00. The van der Waals surface area contributed by atoms with Gasteiger partial charge in [-0.1, -0.05) is 38.1 Å². The van der Waals surface area contributed by atoms with Gasteiger partial charge in [-0.3, -0.25) is 0 Å². The van der Waals surface area contributed by atoms with Gasteiger partial charge in [0.25, 0.3) is 0 Å². The third kappa shape index (κ3) is 4.64. The van der Waals surface area contributed by atoms with Crippen LogP contribution in [0.1, 0.15) is 53.1 Å². The van der Waals surface area contributed by atoms with Gasteiger partial charge >= 0.3 is 8.25 Å². The summed E-state index contributed by atoms with van der Waals surface area (Å²) in [5, 5.41) is 9.96. The van der Waals surface area contributed by atoms with Crippen LogP contribution in [0.15, 0.2) is 30.3 Å². The van der Waals surface area contributed by atoms with Crippen LogP contribution in [-0.4, -0.2) is 10.00 Å². The Labute approximate surface area is 144 Å². The molecule has 0 fully saturated rings. The first-order valence-corrected chi connectivity index (χ1v) is 9.10. The third-order valence-electron chi connectivity index (χ3n) is 4.19. The van der Waals surface area contributed by atoms with Gasteiger partial charge in [0.2, 0.25) is 0 Å². The molecular weight excluding hydrogens is 323 g/mol. The molecule has 0 aliphatic rings. The normalized spacial score (nSPS) is 11.8. The van der Waals surface area contributed by atoms with Crippen molar-refractivity contribution in [3.63, 3.8) is 0 Å². The maximum absolute atomic E-state index is 10.7.